The molecule has 1 aliphatic heterocycles. The van der Waals surface area contributed by atoms with Gasteiger partial charge in [-0.05, 0) is 98.1 Å². The van der Waals surface area contributed by atoms with Crippen molar-refractivity contribution in [2.24, 2.45) is 0 Å². The average molecular weight is 525 g/mol. The Labute approximate surface area is 229 Å². The van der Waals surface area contributed by atoms with Crippen LogP contribution < -0.4 is 10.2 Å². The van der Waals surface area contributed by atoms with Crippen LogP contribution in [0, 0.1) is 20.8 Å². The summed E-state index contributed by atoms with van der Waals surface area (Å²) < 4.78 is 2.15. The minimum absolute atomic E-state index is 0.148. The van der Waals surface area contributed by atoms with Crippen LogP contribution in [0.2, 0.25) is 0 Å². The minimum Gasteiger partial charge on any atom is -0.478 e. The summed E-state index contributed by atoms with van der Waals surface area (Å²) >= 11 is 5.92. The smallest absolute Gasteiger partial charge is 0.335 e. The lowest BCUT2D eigenvalue weighted by Gasteiger charge is -2.28. The third kappa shape index (κ3) is 4.47. The van der Waals surface area contributed by atoms with Crippen LogP contribution in [0.4, 0.5) is 5.69 Å². The molecule has 38 heavy (non-hydrogen) atoms. The zero-order chi connectivity index (χ0) is 27.1. The summed E-state index contributed by atoms with van der Waals surface area (Å²) in [6.07, 6.45) is 1.81. The molecule has 7 heteroatoms. The van der Waals surface area contributed by atoms with Gasteiger partial charge in [0.1, 0.15) is 0 Å². The molecule has 2 aromatic carbocycles. The molecule has 1 fully saturated rings. The van der Waals surface area contributed by atoms with Crippen molar-refractivity contribution in [1.29, 1.82) is 0 Å². The summed E-state index contributed by atoms with van der Waals surface area (Å²) in [5.74, 6) is -0.501. The number of aromatic carboxylic acids is 1. The van der Waals surface area contributed by atoms with E-state index in [0.717, 1.165) is 39.6 Å². The van der Waals surface area contributed by atoms with E-state index in [4.69, 9.17) is 12.2 Å². The molecule has 0 unspecified atom stereocenters. The van der Waals surface area contributed by atoms with Crippen molar-refractivity contribution in [3.05, 3.63) is 112 Å². The predicted molar refractivity (Wildman–Crippen MR) is 155 cm³/mol. The highest BCUT2D eigenvalue weighted by Crippen LogP contribution is 2.44. The summed E-state index contributed by atoms with van der Waals surface area (Å²) in [6.45, 7) is 10.5. The molecule has 0 radical (unpaired) electrons. The highest BCUT2D eigenvalue weighted by Gasteiger charge is 2.42. The second kappa shape index (κ2) is 10.1. The lowest BCUT2D eigenvalue weighted by molar-refractivity contribution is 0.0697. The van der Waals surface area contributed by atoms with Crippen LogP contribution in [-0.2, 0) is 0 Å². The summed E-state index contributed by atoms with van der Waals surface area (Å²) in [7, 11) is 0. The average Bonchev–Trinajstić information content (AvgIpc) is 3.39. The summed E-state index contributed by atoms with van der Waals surface area (Å²) in [5.41, 5.74) is 8.51. The van der Waals surface area contributed by atoms with Gasteiger partial charge in [-0.15, -0.1) is 0 Å². The van der Waals surface area contributed by atoms with Gasteiger partial charge in [-0.2, -0.15) is 0 Å². The molecule has 2 N–H and O–H groups in total. The number of hydrogen-bond acceptors (Lipinski definition) is 3. The van der Waals surface area contributed by atoms with E-state index in [1.165, 1.54) is 5.56 Å². The molecular weight excluding hydrogens is 492 g/mol. The van der Waals surface area contributed by atoms with Gasteiger partial charge >= 0.3 is 5.97 Å². The van der Waals surface area contributed by atoms with E-state index < -0.39 is 5.97 Å². The van der Waals surface area contributed by atoms with Gasteiger partial charge < -0.3 is 19.9 Å². The van der Waals surface area contributed by atoms with Gasteiger partial charge in [0.25, 0.3) is 0 Å². The van der Waals surface area contributed by atoms with E-state index in [2.05, 4.69) is 77.8 Å². The SMILES string of the molecule is Cc1ccc(C(=O)O)cc1-n1c(C)cc([C@@H]2[C@@H](c3ccccn3)NC(=S)N2c2ccc(C(C)C)cc2)c1C. The molecule has 1 saturated heterocycles. The van der Waals surface area contributed by atoms with Gasteiger partial charge in [0, 0.05) is 29.0 Å². The van der Waals surface area contributed by atoms with E-state index in [9.17, 15) is 9.90 Å². The molecule has 0 amide bonds. The molecule has 1 aliphatic rings. The molecule has 0 spiro atoms. The molecule has 2 aromatic heterocycles. The van der Waals surface area contributed by atoms with Crippen LogP contribution in [0.1, 0.15) is 76.0 Å². The van der Waals surface area contributed by atoms with Crippen molar-refractivity contribution in [2.45, 2.75) is 52.6 Å². The Bertz CT molecular complexity index is 1510. The molecule has 0 saturated carbocycles. The zero-order valence-corrected chi connectivity index (χ0v) is 23.1. The maximum atomic E-state index is 11.7. The Kier molecular flexibility index (Phi) is 6.80. The first-order valence-corrected chi connectivity index (χ1v) is 13.2. The van der Waals surface area contributed by atoms with Gasteiger partial charge in [0.05, 0.1) is 23.3 Å². The van der Waals surface area contributed by atoms with Gasteiger partial charge in [0.15, 0.2) is 5.11 Å². The van der Waals surface area contributed by atoms with E-state index in [1.54, 1.807) is 18.3 Å². The number of aromatic nitrogens is 2. The number of carbonyl (C=O) groups is 1. The van der Waals surface area contributed by atoms with Crippen molar-refractivity contribution in [1.82, 2.24) is 14.9 Å². The molecule has 194 valence electrons. The van der Waals surface area contributed by atoms with Crippen LogP contribution in [0.15, 0.2) is 72.9 Å². The molecule has 4 aromatic rings. The molecule has 6 nitrogen and oxygen atoms in total. The lowest BCUT2D eigenvalue weighted by atomic mass is 9.96. The Morgan fingerprint density at radius 1 is 1.03 bits per heavy atom. The van der Waals surface area contributed by atoms with Crippen LogP contribution in [0.5, 0.6) is 0 Å². The Hall–Kier alpha value is -3.97. The van der Waals surface area contributed by atoms with Crippen LogP contribution in [0.3, 0.4) is 0 Å². The fourth-order valence-corrected chi connectivity index (χ4v) is 5.76. The van der Waals surface area contributed by atoms with Crippen LogP contribution in [-0.4, -0.2) is 25.7 Å². The Balaban J connectivity index is 1.68. The van der Waals surface area contributed by atoms with Crippen LogP contribution >= 0.6 is 12.2 Å². The zero-order valence-electron chi connectivity index (χ0n) is 22.3. The molecular formula is C31H32N4O2S. The molecule has 5 rings (SSSR count). The quantitative estimate of drug-likeness (QED) is 0.271. The van der Waals surface area contributed by atoms with Gasteiger partial charge in [-0.3, -0.25) is 4.98 Å². The Morgan fingerprint density at radius 2 is 1.76 bits per heavy atom. The topological polar surface area (TPSA) is 70.4 Å². The summed E-state index contributed by atoms with van der Waals surface area (Å²) in [5, 5.41) is 13.8. The highest BCUT2D eigenvalue weighted by atomic mass is 32.1. The van der Waals surface area contributed by atoms with E-state index in [0.29, 0.717) is 11.0 Å². The summed E-state index contributed by atoms with van der Waals surface area (Å²) in [6, 6.07) is 21.7. The molecule has 3 heterocycles. The Morgan fingerprint density at radius 3 is 2.39 bits per heavy atom. The number of hydrogen-bond donors (Lipinski definition) is 2. The van der Waals surface area contributed by atoms with Crippen molar-refractivity contribution in [3.63, 3.8) is 0 Å². The number of nitrogens with one attached hydrogen (secondary N) is 1. The molecule has 2 atom stereocenters. The number of nitrogens with zero attached hydrogens (tertiary/aromatic N) is 3. The first-order valence-electron chi connectivity index (χ1n) is 12.8. The van der Waals surface area contributed by atoms with Crippen molar-refractivity contribution in [3.8, 4) is 5.69 Å². The number of thiocarbonyl (C=S) groups is 1. The summed E-state index contributed by atoms with van der Waals surface area (Å²) in [4.78, 5) is 18.6. The predicted octanol–water partition coefficient (Wildman–Crippen LogP) is 6.80. The van der Waals surface area contributed by atoms with Crippen LogP contribution in [0.25, 0.3) is 5.69 Å². The second-order valence-corrected chi connectivity index (χ2v) is 10.6. The standard InChI is InChI=1S/C31H32N4O2S/c1-18(2)22-11-13-24(14-12-22)35-29(28(33-31(35)38)26-8-6-7-15-32-26)25-16-20(4)34(21(25)5)27-17-23(30(36)37)10-9-19(27)3/h6-18,28-29H,1-5H3,(H,33,38)(H,36,37)/t28-,29-/m1/s1. The minimum atomic E-state index is -0.939. The monoisotopic (exact) mass is 524 g/mol. The first kappa shape index (κ1) is 25.7. The van der Waals surface area contributed by atoms with Gasteiger partial charge in [0.2, 0.25) is 0 Å². The van der Waals surface area contributed by atoms with Crippen molar-refractivity contribution < 1.29 is 9.90 Å². The van der Waals surface area contributed by atoms with E-state index >= 15 is 0 Å². The highest BCUT2D eigenvalue weighted by molar-refractivity contribution is 7.80. The maximum absolute atomic E-state index is 11.7. The number of rotatable bonds is 6. The third-order valence-corrected chi connectivity index (χ3v) is 7.74. The number of aryl methyl sites for hydroxylation is 2. The van der Waals surface area contributed by atoms with E-state index in [1.807, 2.05) is 31.2 Å². The number of carboxylic acids is 1. The fourth-order valence-electron chi connectivity index (χ4n) is 5.41. The van der Waals surface area contributed by atoms with E-state index in [-0.39, 0.29) is 17.6 Å². The molecule has 0 bridgehead atoms. The number of pyridine rings is 1. The number of anilines is 1. The van der Waals surface area contributed by atoms with Gasteiger partial charge in [-0.1, -0.05) is 38.1 Å². The second-order valence-electron chi connectivity index (χ2n) is 10.2. The number of carboxylic acid groups (broad SMARTS) is 1. The van der Waals surface area contributed by atoms with Gasteiger partial charge in [-0.25, -0.2) is 4.79 Å². The third-order valence-electron chi connectivity index (χ3n) is 7.42. The largest absolute Gasteiger partial charge is 0.478 e. The fraction of sp³-hybridized carbons (Fsp3) is 0.258. The molecule has 0 aliphatic carbocycles. The first-order chi connectivity index (χ1) is 18.2. The number of benzene rings is 2. The van der Waals surface area contributed by atoms with Crippen molar-refractivity contribution in [2.75, 3.05) is 4.90 Å². The lowest BCUT2D eigenvalue weighted by Crippen LogP contribution is -2.29. The normalized spacial score (nSPS) is 17.2. The maximum Gasteiger partial charge on any atom is 0.335 e. The van der Waals surface area contributed by atoms with Crippen molar-refractivity contribution >= 4 is 29.0 Å².